The summed E-state index contributed by atoms with van der Waals surface area (Å²) in [5.41, 5.74) is 2.85. The lowest BCUT2D eigenvalue weighted by Crippen LogP contribution is -2.17. The van der Waals surface area contributed by atoms with Crippen LogP contribution < -0.4 is 5.32 Å². The molecule has 0 radical (unpaired) electrons. The number of fused-ring (bicyclic) bond motifs is 1. The van der Waals surface area contributed by atoms with Crippen molar-refractivity contribution in [2.75, 3.05) is 7.05 Å². The van der Waals surface area contributed by atoms with E-state index in [2.05, 4.69) is 61.4 Å². The van der Waals surface area contributed by atoms with Crippen LogP contribution in [0.15, 0.2) is 33.2 Å². The number of thiophene rings is 1. The lowest BCUT2D eigenvalue weighted by Gasteiger charge is -2.17. The number of rotatable bonds is 3. The summed E-state index contributed by atoms with van der Waals surface area (Å²) in [6.07, 6.45) is 3.84. The van der Waals surface area contributed by atoms with Gasteiger partial charge in [0.05, 0.1) is 6.04 Å². The normalized spacial score (nSPS) is 15.5. The molecule has 0 saturated carbocycles. The molecule has 1 aromatic carbocycles. The summed E-state index contributed by atoms with van der Waals surface area (Å²) in [5.74, 6) is 0. The van der Waals surface area contributed by atoms with Gasteiger partial charge in [0.2, 0.25) is 0 Å². The zero-order valence-corrected chi connectivity index (χ0v) is 14.7. The predicted molar refractivity (Wildman–Crippen MR) is 89.1 cm³/mol. The minimum Gasteiger partial charge on any atom is -0.309 e. The Bertz CT molecular complexity index is 585. The molecular weight excluding hydrogens is 386 g/mol. The van der Waals surface area contributed by atoms with E-state index in [1.807, 2.05) is 18.4 Å². The Labute approximate surface area is 134 Å². The van der Waals surface area contributed by atoms with Crippen molar-refractivity contribution in [3.8, 4) is 0 Å². The van der Waals surface area contributed by atoms with Gasteiger partial charge < -0.3 is 5.32 Å². The molecule has 1 unspecified atom stereocenters. The van der Waals surface area contributed by atoms with E-state index in [-0.39, 0.29) is 6.04 Å². The van der Waals surface area contributed by atoms with Crippen LogP contribution in [0.1, 0.15) is 33.3 Å². The number of hydrogen-bond donors (Lipinski definition) is 1. The van der Waals surface area contributed by atoms with Crippen molar-refractivity contribution in [2.24, 2.45) is 0 Å². The summed E-state index contributed by atoms with van der Waals surface area (Å²) in [6, 6.07) is 9.01. The van der Waals surface area contributed by atoms with E-state index >= 15 is 0 Å². The molecule has 100 valence electrons. The lowest BCUT2D eigenvalue weighted by atomic mass is 10.0. The second-order valence-electron chi connectivity index (χ2n) is 4.84. The first-order valence-electron chi connectivity index (χ1n) is 6.42. The highest BCUT2D eigenvalue weighted by Gasteiger charge is 2.21. The minimum absolute atomic E-state index is 0.266. The van der Waals surface area contributed by atoms with E-state index in [1.54, 1.807) is 10.4 Å². The lowest BCUT2D eigenvalue weighted by molar-refractivity contribution is 0.699. The number of benzene rings is 1. The van der Waals surface area contributed by atoms with Crippen molar-refractivity contribution in [1.29, 1.82) is 0 Å². The minimum atomic E-state index is 0.266. The van der Waals surface area contributed by atoms with E-state index in [0.717, 1.165) is 8.95 Å². The van der Waals surface area contributed by atoms with Crippen molar-refractivity contribution in [3.63, 3.8) is 0 Å². The molecule has 0 bridgehead atoms. The SMILES string of the molecule is CNC(c1cc2c(s1)CCC2)c1cc(Br)ccc1Br. The third-order valence-corrected chi connectivity index (χ3v) is 6.13. The maximum atomic E-state index is 3.67. The number of hydrogen-bond acceptors (Lipinski definition) is 2. The molecule has 1 aliphatic rings. The molecule has 4 heteroatoms. The van der Waals surface area contributed by atoms with E-state index in [4.69, 9.17) is 0 Å². The van der Waals surface area contributed by atoms with Crippen LogP contribution in [-0.4, -0.2) is 7.05 Å². The molecule has 0 amide bonds. The molecule has 1 aliphatic carbocycles. The maximum absolute atomic E-state index is 3.67. The summed E-state index contributed by atoms with van der Waals surface area (Å²) < 4.78 is 2.28. The first-order chi connectivity index (χ1) is 9.19. The van der Waals surface area contributed by atoms with Crippen molar-refractivity contribution in [1.82, 2.24) is 5.32 Å². The molecule has 2 aromatic rings. The van der Waals surface area contributed by atoms with E-state index in [0.29, 0.717) is 0 Å². The summed E-state index contributed by atoms with van der Waals surface area (Å²) >= 11 is 9.20. The smallest absolute Gasteiger partial charge is 0.0680 e. The highest BCUT2D eigenvalue weighted by molar-refractivity contribution is 9.11. The summed E-state index contributed by atoms with van der Waals surface area (Å²) in [4.78, 5) is 3.01. The van der Waals surface area contributed by atoms with Gasteiger partial charge in [0.1, 0.15) is 0 Å². The second kappa shape index (κ2) is 5.68. The van der Waals surface area contributed by atoms with Gasteiger partial charge in [0.15, 0.2) is 0 Å². The van der Waals surface area contributed by atoms with Crippen LogP contribution in [0.3, 0.4) is 0 Å². The monoisotopic (exact) mass is 399 g/mol. The molecule has 1 aromatic heterocycles. The standard InChI is InChI=1S/C15H15Br2NS/c1-18-15(11-8-10(16)5-6-12(11)17)14-7-9-3-2-4-13(9)19-14/h5-8,15,18H,2-4H2,1H3. The van der Waals surface area contributed by atoms with Gasteiger partial charge in [-0.25, -0.2) is 0 Å². The molecule has 1 heterocycles. The van der Waals surface area contributed by atoms with Gasteiger partial charge in [-0.15, -0.1) is 11.3 Å². The zero-order valence-electron chi connectivity index (χ0n) is 10.7. The van der Waals surface area contributed by atoms with Gasteiger partial charge in [-0.1, -0.05) is 31.9 Å². The molecule has 1 nitrogen and oxygen atoms in total. The van der Waals surface area contributed by atoms with Crippen LogP contribution in [0, 0.1) is 0 Å². The van der Waals surface area contributed by atoms with Crippen LogP contribution in [0.25, 0.3) is 0 Å². The van der Waals surface area contributed by atoms with Crippen LogP contribution in [0.5, 0.6) is 0 Å². The fourth-order valence-corrected chi connectivity index (χ4v) is 4.92. The van der Waals surface area contributed by atoms with Gasteiger partial charge in [-0.05, 0) is 61.7 Å². The molecule has 0 saturated heterocycles. The van der Waals surface area contributed by atoms with Crippen molar-refractivity contribution in [3.05, 3.63) is 54.1 Å². The molecule has 0 fully saturated rings. The van der Waals surface area contributed by atoms with Crippen LogP contribution in [-0.2, 0) is 12.8 Å². The summed E-state index contributed by atoms with van der Waals surface area (Å²) in [7, 11) is 2.03. The van der Waals surface area contributed by atoms with Crippen LogP contribution in [0.2, 0.25) is 0 Å². The quantitative estimate of drug-likeness (QED) is 0.758. The van der Waals surface area contributed by atoms with Crippen LogP contribution in [0.4, 0.5) is 0 Å². The van der Waals surface area contributed by atoms with Gasteiger partial charge >= 0.3 is 0 Å². The largest absolute Gasteiger partial charge is 0.309 e. The Balaban J connectivity index is 2.01. The number of aryl methyl sites for hydroxylation is 2. The first kappa shape index (κ1) is 13.8. The van der Waals surface area contributed by atoms with E-state index in [1.165, 1.54) is 29.7 Å². The number of halogens is 2. The number of nitrogens with one attached hydrogen (secondary N) is 1. The van der Waals surface area contributed by atoms with Gasteiger partial charge in [0, 0.05) is 18.7 Å². The Hall–Kier alpha value is -0.160. The highest BCUT2D eigenvalue weighted by atomic mass is 79.9. The molecule has 0 spiro atoms. The Morgan fingerprint density at radius 2 is 2.05 bits per heavy atom. The summed E-state index contributed by atoms with van der Waals surface area (Å²) in [5, 5.41) is 3.45. The predicted octanol–water partition coefficient (Wildman–Crippen LogP) is 5.07. The Morgan fingerprint density at radius 3 is 2.79 bits per heavy atom. The fourth-order valence-electron chi connectivity index (χ4n) is 2.68. The van der Waals surface area contributed by atoms with Gasteiger partial charge in [-0.2, -0.15) is 0 Å². The summed E-state index contributed by atoms with van der Waals surface area (Å²) in [6.45, 7) is 0. The first-order valence-corrected chi connectivity index (χ1v) is 8.83. The molecule has 1 N–H and O–H groups in total. The molecule has 0 aliphatic heterocycles. The highest BCUT2D eigenvalue weighted by Crippen LogP contribution is 2.38. The van der Waals surface area contributed by atoms with Crippen LogP contribution >= 0.6 is 43.2 Å². The third kappa shape index (κ3) is 2.68. The topological polar surface area (TPSA) is 12.0 Å². The third-order valence-electron chi connectivity index (χ3n) is 3.61. The molecule has 1 atom stereocenters. The average Bonchev–Trinajstić information content (AvgIpc) is 2.95. The van der Waals surface area contributed by atoms with E-state index < -0.39 is 0 Å². The average molecular weight is 401 g/mol. The van der Waals surface area contributed by atoms with Crippen molar-refractivity contribution >= 4 is 43.2 Å². The van der Waals surface area contributed by atoms with Gasteiger partial charge in [0.25, 0.3) is 0 Å². The molecule has 19 heavy (non-hydrogen) atoms. The molecular formula is C15H15Br2NS. The van der Waals surface area contributed by atoms with E-state index in [9.17, 15) is 0 Å². The Kier molecular flexibility index (Phi) is 4.13. The van der Waals surface area contributed by atoms with Crippen molar-refractivity contribution in [2.45, 2.75) is 25.3 Å². The maximum Gasteiger partial charge on any atom is 0.0680 e. The zero-order chi connectivity index (χ0) is 13.4. The Morgan fingerprint density at radius 1 is 1.21 bits per heavy atom. The van der Waals surface area contributed by atoms with Crippen molar-refractivity contribution < 1.29 is 0 Å². The van der Waals surface area contributed by atoms with Gasteiger partial charge in [-0.3, -0.25) is 0 Å². The molecule has 3 rings (SSSR count). The fraction of sp³-hybridized carbons (Fsp3) is 0.333. The second-order valence-corrected chi connectivity index (χ2v) is 7.78.